The van der Waals surface area contributed by atoms with Crippen LogP contribution < -0.4 is 5.32 Å². The van der Waals surface area contributed by atoms with E-state index in [1.165, 1.54) is 10.9 Å². The quantitative estimate of drug-likeness (QED) is 0.857. The molecule has 0 amide bonds. The number of fused-ring (bicyclic) bond motifs is 1. The second-order valence-electron chi connectivity index (χ2n) is 4.78. The summed E-state index contributed by atoms with van der Waals surface area (Å²) in [6, 6.07) is 8.51. The van der Waals surface area contributed by atoms with Crippen LogP contribution in [0.1, 0.15) is 11.3 Å². The van der Waals surface area contributed by atoms with Crippen molar-refractivity contribution in [3.8, 4) is 0 Å². The molecule has 3 rings (SSSR count). The Kier molecular flexibility index (Phi) is 2.87. The Labute approximate surface area is 101 Å². The molecular weight excluding hydrogens is 212 g/mol. The van der Waals surface area contributed by atoms with Gasteiger partial charge in [-0.3, -0.25) is 4.90 Å². The van der Waals surface area contributed by atoms with Crippen molar-refractivity contribution in [1.29, 1.82) is 0 Å². The molecule has 0 unspecified atom stereocenters. The van der Waals surface area contributed by atoms with Crippen LogP contribution in [-0.4, -0.2) is 31.1 Å². The number of nitrogens with zero attached hydrogens (tertiary/aromatic N) is 1. The van der Waals surface area contributed by atoms with Gasteiger partial charge in [0.1, 0.15) is 11.3 Å². The van der Waals surface area contributed by atoms with Crippen molar-refractivity contribution in [3.63, 3.8) is 0 Å². The summed E-state index contributed by atoms with van der Waals surface area (Å²) in [7, 11) is 0. The third-order valence-electron chi connectivity index (χ3n) is 3.31. The fourth-order valence-corrected chi connectivity index (χ4v) is 2.39. The van der Waals surface area contributed by atoms with Crippen LogP contribution in [0.25, 0.3) is 11.0 Å². The van der Waals surface area contributed by atoms with Gasteiger partial charge in [0.15, 0.2) is 0 Å². The van der Waals surface area contributed by atoms with Gasteiger partial charge in [-0.25, -0.2) is 0 Å². The number of rotatable bonds is 2. The number of benzene rings is 1. The van der Waals surface area contributed by atoms with E-state index >= 15 is 0 Å². The highest BCUT2D eigenvalue weighted by Gasteiger charge is 2.12. The van der Waals surface area contributed by atoms with Crippen molar-refractivity contribution < 1.29 is 4.42 Å². The lowest BCUT2D eigenvalue weighted by Crippen LogP contribution is -2.42. The summed E-state index contributed by atoms with van der Waals surface area (Å²) < 4.78 is 5.86. The van der Waals surface area contributed by atoms with Gasteiger partial charge < -0.3 is 9.73 Å². The molecule has 0 aliphatic carbocycles. The predicted octanol–water partition coefficient (Wildman–Crippen LogP) is 2.15. The molecule has 2 heterocycles. The van der Waals surface area contributed by atoms with Crippen molar-refractivity contribution in [2.45, 2.75) is 13.5 Å². The van der Waals surface area contributed by atoms with Crippen LogP contribution in [0, 0.1) is 6.92 Å². The molecule has 0 spiro atoms. The van der Waals surface area contributed by atoms with E-state index in [4.69, 9.17) is 4.42 Å². The fraction of sp³-hybridized carbons (Fsp3) is 0.429. The molecule has 3 nitrogen and oxygen atoms in total. The number of aryl methyl sites for hydroxylation is 1. The summed E-state index contributed by atoms with van der Waals surface area (Å²) in [5.41, 5.74) is 2.28. The largest absolute Gasteiger partial charge is 0.460 e. The fourth-order valence-electron chi connectivity index (χ4n) is 2.39. The van der Waals surface area contributed by atoms with E-state index in [-0.39, 0.29) is 0 Å². The SMILES string of the molecule is Cc1ccc2oc(CN3CCNCC3)cc2c1. The van der Waals surface area contributed by atoms with Crippen molar-refractivity contribution in [1.82, 2.24) is 10.2 Å². The van der Waals surface area contributed by atoms with E-state index in [0.29, 0.717) is 0 Å². The Bertz CT molecular complexity index is 512. The summed E-state index contributed by atoms with van der Waals surface area (Å²) in [6.07, 6.45) is 0. The normalized spacial score (nSPS) is 17.7. The highest BCUT2D eigenvalue weighted by Crippen LogP contribution is 2.21. The Morgan fingerprint density at radius 2 is 2.06 bits per heavy atom. The first kappa shape index (κ1) is 10.8. The van der Waals surface area contributed by atoms with Gasteiger partial charge in [-0.05, 0) is 25.1 Å². The van der Waals surface area contributed by atoms with Gasteiger partial charge in [-0.2, -0.15) is 0 Å². The number of nitrogens with one attached hydrogen (secondary N) is 1. The third kappa shape index (κ3) is 2.35. The lowest BCUT2D eigenvalue weighted by Gasteiger charge is -2.26. The molecule has 0 atom stereocenters. The molecule has 1 aromatic heterocycles. The van der Waals surface area contributed by atoms with Crippen molar-refractivity contribution >= 4 is 11.0 Å². The van der Waals surface area contributed by atoms with E-state index in [1.54, 1.807) is 0 Å². The monoisotopic (exact) mass is 230 g/mol. The van der Waals surface area contributed by atoms with Crippen LogP contribution in [0.4, 0.5) is 0 Å². The van der Waals surface area contributed by atoms with E-state index in [0.717, 1.165) is 44.1 Å². The minimum atomic E-state index is 0.926. The molecule has 1 fully saturated rings. The molecule has 0 bridgehead atoms. The van der Waals surface area contributed by atoms with Gasteiger partial charge in [0, 0.05) is 31.6 Å². The Hall–Kier alpha value is -1.32. The Morgan fingerprint density at radius 1 is 1.24 bits per heavy atom. The predicted molar refractivity (Wildman–Crippen MR) is 69.1 cm³/mol. The average molecular weight is 230 g/mol. The van der Waals surface area contributed by atoms with E-state index in [2.05, 4.69) is 41.4 Å². The molecule has 1 aliphatic rings. The summed E-state index contributed by atoms with van der Waals surface area (Å²) in [5, 5.41) is 4.58. The third-order valence-corrected chi connectivity index (χ3v) is 3.31. The zero-order valence-corrected chi connectivity index (χ0v) is 10.2. The maximum absolute atomic E-state index is 5.86. The smallest absolute Gasteiger partial charge is 0.134 e. The highest BCUT2D eigenvalue weighted by atomic mass is 16.3. The number of hydrogen-bond acceptors (Lipinski definition) is 3. The van der Waals surface area contributed by atoms with Crippen LogP contribution in [0.15, 0.2) is 28.7 Å². The maximum atomic E-state index is 5.86. The van der Waals surface area contributed by atoms with E-state index in [9.17, 15) is 0 Å². The Balaban J connectivity index is 1.80. The molecule has 3 heteroatoms. The zero-order valence-electron chi connectivity index (χ0n) is 10.2. The first-order chi connectivity index (χ1) is 8.31. The number of piperazine rings is 1. The standard InChI is InChI=1S/C14H18N2O/c1-11-2-3-14-12(8-11)9-13(17-14)10-16-6-4-15-5-7-16/h2-3,8-9,15H,4-7,10H2,1H3. The molecule has 1 saturated heterocycles. The van der Waals surface area contributed by atoms with Crippen molar-refractivity contribution in [2.75, 3.05) is 26.2 Å². The van der Waals surface area contributed by atoms with Crippen LogP contribution in [0.5, 0.6) is 0 Å². The van der Waals surface area contributed by atoms with E-state index < -0.39 is 0 Å². The summed E-state index contributed by atoms with van der Waals surface area (Å²) in [4.78, 5) is 2.43. The van der Waals surface area contributed by atoms with Crippen molar-refractivity contribution in [2.24, 2.45) is 0 Å². The van der Waals surface area contributed by atoms with Gasteiger partial charge in [0.2, 0.25) is 0 Å². The van der Waals surface area contributed by atoms with Crippen molar-refractivity contribution in [3.05, 3.63) is 35.6 Å². The number of hydrogen-bond donors (Lipinski definition) is 1. The molecular formula is C14H18N2O. The van der Waals surface area contributed by atoms with Crippen LogP contribution in [0.2, 0.25) is 0 Å². The molecule has 2 aromatic rings. The van der Waals surface area contributed by atoms with Crippen LogP contribution in [-0.2, 0) is 6.54 Å². The Morgan fingerprint density at radius 3 is 2.88 bits per heavy atom. The molecule has 1 aromatic carbocycles. The summed E-state index contributed by atoms with van der Waals surface area (Å²) in [5.74, 6) is 1.08. The van der Waals surface area contributed by atoms with Crippen LogP contribution >= 0.6 is 0 Å². The van der Waals surface area contributed by atoms with E-state index in [1.807, 2.05) is 0 Å². The second-order valence-corrected chi connectivity index (χ2v) is 4.78. The van der Waals surface area contributed by atoms with Gasteiger partial charge in [-0.15, -0.1) is 0 Å². The average Bonchev–Trinajstić information content (AvgIpc) is 2.71. The topological polar surface area (TPSA) is 28.4 Å². The maximum Gasteiger partial charge on any atom is 0.134 e. The minimum absolute atomic E-state index is 0.926. The molecule has 1 aliphatic heterocycles. The molecule has 0 saturated carbocycles. The van der Waals surface area contributed by atoms with Crippen LogP contribution in [0.3, 0.4) is 0 Å². The zero-order chi connectivity index (χ0) is 11.7. The molecule has 1 N–H and O–H groups in total. The molecule has 0 radical (unpaired) electrons. The first-order valence-corrected chi connectivity index (χ1v) is 6.23. The number of furan rings is 1. The van der Waals surface area contributed by atoms with Gasteiger partial charge in [0.05, 0.1) is 6.54 Å². The minimum Gasteiger partial charge on any atom is -0.460 e. The lowest BCUT2D eigenvalue weighted by atomic mass is 10.2. The molecule has 17 heavy (non-hydrogen) atoms. The van der Waals surface area contributed by atoms with Gasteiger partial charge in [0.25, 0.3) is 0 Å². The van der Waals surface area contributed by atoms with Gasteiger partial charge >= 0.3 is 0 Å². The second kappa shape index (κ2) is 4.51. The lowest BCUT2D eigenvalue weighted by molar-refractivity contribution is 0.218. The summed E-state index contributed by atoms with van der Waals surface area (Å²) >= 11 is 0. The molecule has 90 valence electrons. The van der Waals surface area contributed by atoms with Gasteiger partial charge in [-0.1, -0.05) is 11.6 Å². The first-order valence-electron chi connectivity index (χ1n) is 6.23. The summed E-state index contributed by atoms with van der Waals surface area (Å²) in [6.45, 7) is 7.42. The highest BCUT2D eigenvalue weighted by molar-refractivity contribution is 5.78.